The Morgan fingerprint density at radius 1 is 0.750 bits per heavy atom. The highest BCUT2D eigenvalue weighted by atomic mass is 16.3. The van der Waals surface area contributed by atoms with Crippen LogP contribution in [-0.2, 0) is 0 Å². The van der Waals surface area contributed by atoms with Crippen molar-refractivity contribution in [3.63, 3.8) is 0 Å². The SMILES string of the molecule is CC(C)C1C[C@H](C(C)C)C(O)[C@@H](C(C)C)C1. The van der Waals surface area contributed by atoms with Gasteiger partial charge >= 0.3 is 0 Å². The van der Waals surface area contributed by atoms with Gasteiger partial charge in [-0.25, -0.2) is 0 Å². The molecule has 0 amide bonds. The molecule has 0 spiro atoms. The highest BCUT2D eigenvalue weighted by Crippen LogP contribution is 2.43. The quantitative estimate of drug-likeness (QED) is 0.772. The molecule has 1 aliphatic rings. The van der Waals surface area contributed by atoms with E-state index >= 15 is 0 Å². The van der Waals surface area contributed by atoms with Crippen molar-refractivity contribution < 1.29 is 5.11 Å². The van der Waals surface area contributed by atoms with E-state index in [1.165, 1.54) is 12.8 Å². The standard InChI is InChI=1S/C15H30O/c1-9(2)12-7-13(10(3)4)15(16)14(8-12)11(5)6/h9-16H,7-8H2,1-6H3/t12?,13-,14-,15?/m1/s1. The second kappa shape index (κ2) is 5.53. The zero-order valence-electron chi connectivity index (χ0n) is 11.9. The number of aliphatic hydroxyl groups excluding tert-OH is 1. The second-order valence-electron chi connectivity index (χ2n) is 6.78. The van der Waals surface area contributed by atoms with Crippen LogP contribution in [0.5, 0.6) is 0 Å². The van der Waals surface area contributed by atoms with Crippen molar-refractivity contribution in [1.82, 2.24) is 0 Å². The summed E-state index contributed by atoms with van der Waals surface area (Å²) in [6, 6.07) is 0. The summed E-state index contributed by atoms with van der Waals surface area (Å²) in [5.74, 6) is 3.80. The molecule has 0 bridgehead atoms. The zero-order chi connectivity index (χ0) is 12.5. The fourth-order valence-corrected chi connectivity index (χ4v) is 3.27. The first kappa shape index (κ1) is 14.0. The van der Waals surface area contributed by atoms with E-state index in [0.717, 1.165) is 11.8 Å². The lowest BCUT2D eigenvalue weighted by atomic mass is 9.64. The number of rotatable bonds is 3. The molecule has 0 heterocycles. The summed E-state index contributed by atoms with van der Waals surface area (Å²) < 4.78 is 0. The normalized spacial score (nSPS) is 36.4. The Labute approximate surface area is 102 Å². The van der Waals surface area contributed by atoms with Gasteiger partial charge < -0.3 is 5.11 Å². The third kappa shape index (κ3) is 3.00. The molecule has 0 aliphatic heterocycles. The summed E-state index contributed by atoms with van der Waals surface area (Å²) >= 11 is 0. The predicted octanol–water partition coefficient (Wildman–Crippen LogP) is 3.96. The van der Waals surface area contributed by atoms with Gasteiger partial charge in [0.05, 0.1) is 6.10 Å². The van der Waals surface area contributed by atoms with Gasteiger partial charge in [-0.05, 0) is 48.3 Å². The van der Waals surface area contributed by atoms with Crippen molar-refractivity contribution in [2.75, 3.05) is 0 Å². The van der Waals surface area contributed by atoms with Gasteiger partial charge in [0.2, 0.25) is 0 Å². The average Bonchev–Trinajstić information content (AvgIpc) is 2.16. The molecule has 1 nitrogen and oxygen atoms in total. The van der Waals surface area contributed by atoms with Crippen LogP contribution in [0.2, 0.25) is 0 Å². The van der Waals surface area contributed by atoms with Crippen LogP contribution in [0.15, 0.2) is 0 Å². The van der Waals surface area contributed by atoms with Gasteiger partial charge in [-0.2, -0.15) is 0 Å². The minimum atomic E-state index is -0.0741. The van der Waals surface area contributed by atoms with Crippen LogP contribution < -0.4 is 0 Å². The van der Waals surface area contributed by atoms with Crippen LogP contribution in [0.25, 0.3) is 0 Å². The Balaban J connectivity index is 2.80. The van der Waals surface area contributed by atoms with Gasteiger partial charge in [-0.3, -0.25) is 0 Å². The monoisotopic (exact) mass is 226 g/mol. The summed E-state index contributed by atoms with van der Waals surface area (Å²) in [6.45, 7) is 13.7. The largest absolute Gasteiger partial charge is 0.393 e. The van der Waals surface area contributed by atoms with Crippen molar-refractivity contribution in [1.29, 1.82) is 0 Å². The average molecular weight is 226 g/mol. The smallest absolute Gasteiger partial charge is 0.0601 e. The fourth-order valence-electron chi connectivity index (χ4n) is 3.27. The van der Waals surface area contributed by atoms with E-state index in [4.69, 9.17) is 0 Å². The van der Waals surface area contributed by atoms with Crippen LogP contribution in [0.1, 0.15) is 54.4 Å². The molecular weight excluding hydrogens is 196 g/mol. The van der Waals surface area contributed by atoms with Gasteiger partial charge in [0.1, 0.15) is 0 Å². The highest BCUT2D eigenvalue weighted by Gasteiger charge is 2.39. The summed E-state index contributed by atoms with van der Waals surface area (Å²) in [4.78, 5) is 0. The number of aliphatic hydroxyl groups is 1. The Kier molecular flexibility index (Phi) is 4.85. The van der Waals surface area contributed by atoms with E-state index in [-0.39, 0.29) is 6.10 Å². The number of hydrogen-bond acceptors (Lipinski definition) is 1. The van der Waals surface area contributed by atoms with Crippen LogP contribution in [0.4, 0.5) is 0 Å². The van der Waals surface area contributed by atoms with E-state index in [2.05, 4.69) is 41.5 Å². The summed E-state index contributed by atoms with van der Waals surface area (Å²) in [5, 5.41) is 10.5. The minimum absolute atomic E-state index is 0.0741. The lowest BCUT2D eigenvalue weighted by Crippen LogP contribution is -2.43. The lowest BCUT2D eigenvalue weighted by Gasteiger charge is -2.44. The zero-order valence-corrected chi connectivity index (χ0v) is 11.9. The molecule has 0 saturated heterocycles. The summed E-state index contributed by atoms with van der Waals surface area (Å²) in [7, 11) is 0. The Morgan fingerprint density at radius 3 is 1.38 bits per heavy atom. The highest BCUT2D eigenvalue weighted by molar-refractivity contribution is 4.89. The van der Waals surface area contributed by atoms with Crippen molar-refractivity contribution in [3.05, 3.63) is 0 Å². The van der Waals surface area contributed by atoms with Crippen LogP contribution in [0.3, 0.4) is 0 Å². The molecule has 1 N–H and O–H groups in total. The van der Waals surface area contributed by atoms with Gasteiger partial charge in [0.25, 0.3) is 0 Å². The Morgan fingerprint density at radius 2 is 1.12 bits per heavy atom. The molecule has 1 aliphatic carbocycles. The molecule has 1 fully saturated rings. The maximum Gasteiger partial charge on any atom is 0.0601 e. The molecule has 1 heteroatoms. The maximum atomic E-state index is 10.5. The molecule has 0 unspecified atom stereocenters. The van der Waals surface area contributed by atoms with Gasteiger partial charge in [0.15, 0.2) is 0 Å². The van der Waals surface area contributed by atoms with Crippen molar-refractivity contribution in [3.8, 4) is 0 Å². The summed E-state index contributed by atoms with van der Waals surface area (Å²) in [5.41, 5.74) is 0. The molecule has 1 saturated carbocycles. The molecule has 0 aromatic carbocycles. The Hall–Kier alpha value is -0.0400. The molecule has 0 aromatic heterocycles. The molecule has 2 atom stereocenters. The van der Waals surface area contributed by atoms with Gasteiger partial charge in [0, 0.05) is 0 Å². The second-order valence-corrected chi connectivity index (χ2v) is 6.78. The van der Waals surface area contributed by atoms with Gasteiger partial charge in [-0.15, -0.1) is 0 Å². The van der Waals surface area contributed by atoms with Crippen molar-refractivity contribution >= 4 is 0 Å². The third-order valence-corrected chi connectivity index (χ3v) is 4.68. The lowest BCUT2D eigenvalue weighted by molar-refractivity contribution is -0.0475. The maximum absolute atomic E-state index is 10.5. The van der Waals surface area contributed by atoms with Gasteiger partial charge in [-0.1, -0.05) is 41.5 Å². The van der Waals surface area contributed by atoms with E-state index in [1.54, 1.807) is 0 Å². The molecular formula is C15H30O. The predicted molar refractivity (Wildman–Crippen MR) is 70.2 cm³/mol. The summed E-state index contributed by atoms with van der Waals surface area (Å²) in [6.07, 6.45) is 2.37. The van der Waals surface area contributed by atoms with E-state index in [9.17, 15) is 5.11 Å². The topological polar surface area (TPSA) is 20.2 Å². The minimum Gasteiger partial charge on any atom is -0.393 e. The van der Waals surface area contributed by atoms with Crippen molar-refractivity contribution in [2.45, 2.75) is 60.5 Å². The molecule has 0 aromatic rings. The van der Waals surface area contributed by atoms with Crippen LogP contribution in [-0.4, -0.2) is 11.2 Å². The van der Waals surface area contributed by atoms with Crippen LogP contribution in [0, 0.1) is 35.5 Å². The van der Waals surface area contributed by atoms with E-state index in [1.807, 2.05) is 0 Å². The molecule has 16 heavy (non-hydrogen) atoms. The van der Waals surface area contributed by atoms with E-state index < -0.39 is 0 Å². The molecule has 1 rings (SSSR count). The molecule has 96 valence electrons. The molecule has 0 radical (unpaired) electrons. The first-order chi connectivity index (χ1) is 7.34. The van der Waals surface area contributed by atoms with Crippen LogP contribution >= 0.6 is 0 Å². The first-order valence-electron chi connectivity index (χ1n) is 7.02. The van der Waals surface area contributed by atoms with E-state index in [0.29, 0.717) is 23.7 Å². The Bertz CT molecular complexity index is 189. The third-order valence-electron chi connectivity index (χ3n) is 4.68. The number of hydrogen-bond donors (Lipinski definition) is 1. The fraction of sp³-hybridized carbons (Fsp3) is 1.00. The first-order valence-corrected chi connectivity index (χ1v) is 7.02. The van der Waals surface area contributed by atoms with Crippen molar-refractivity contribution in [2.24, 2.45) is 35.5 Å².